The highest BCUT2D eigenvalue weighted by molar-refractivity contribution is 5.93. The van der Waals surface area contributed by atoms with Crippen LogP contribution in [0.2, 0.25) is 0 Å². The zero-order valence-corrected chi connectivity index (χ0v) is 18.4. The number of piperazine rings is 1. The van der Waals surface area contributed by atoms with E-state index in [9.17, 15) is 4.79 Å². The molecule has 31 heavy (non-hydrogen) atoms. The van der Waals surface area contributed by atoms with E-state index in [0.717, 1.165) is 30.9 Å². The Bertz CT molecular complexity index is 1050. The molecular weight excluding hydrogens is 390 g/mol. The maximum absolute atomic E-state index is 13.1. The van der Waals surface area contributed by atoms with Gasteiger partial charge in [-0.05, 0) is 49.6 Å². The normalized spacial score (nSPS) is 14.6. The molecule has 2 heterocycles. The van der Waals surface area contributed by atoms with Crippen LogP contribution < -0.4 is 4.74 Å². The second-order valence-corrected chi connectivity index (χ2v) is 8.17. The molecule has 0 spiro atoms. The summed E-state index contributed by atoms with van der Waals surface area (Å²) in [7, 11) is 0. The first-order chi connectivity index (χ1) is 15.0. The number of ether oxygens (including phenoxy) is 1. The lowest BCUT2D eigenvalue weighted by Crippen LogP contribution is -2.48. The number of hydrogen-bond donors (Lipinski definition) is 0. The summed E-state index contributed by atoms with van der Waals surface area (Å²) < 4.78 is 11.3. The summed E-state index contributed by atoms with van der Waals surface area (Å²) in [6.07, 6.45) is 0. The predicted molar refractivity (Wildman–Crippen MR) is 119 cm³/mol. The molecule has 0 atom stereocenters. The third-order valence-electron chi connectivity index (χ3n) is 5.87. The van der Waals surface area contributed by atoms with Crippen LogP contribution in [-0.4, -0.2) is 47.0 Å². The number of aryl methyl sites for hydroxylation is 3. The van der Waals surface area contributed by atoms with Gasteiger partial charge in [-0.25, -0.2) is 0 Å². The van der Waals surface area contributed by atoms with Crippen molar-refractivity contribution >= 4 is 5.91 Å². The average Bonchev–Trinajstić information content (AvgIpc) is 3.14. The van der Waals surface area contributed by atoms with Crippen molar-refractivity contribution in [1.29, 1.82) is 0 Å². The lowest BCUT2D eigenvalue weighted by molar-refractivity contribution is 0.0616. The van der Waals surface area contributed by atoms with Gasteiger partial charge in [-0.2, -0.15) is 0 Å². The van der Waals surface area contributed by atoms with E-state index < -0.39 is 0 Å². The molecule has 0 radical (unpaired) electrons. The van der Waals surface area contributed by atoms with Gasteiger partial charge in [0.1, 0.15) is 18.1 Å². The molecule has 0 unspecified atom stereocenters. The van der Waals surface area contributed by atoms with Crippen LogP contribution in [0.4, 0.5) is 0 Å². The number of carbonyl (C=O) groups excluding carboxylic acids is 1. The molecule has 162 valence electrons. The maximum atomic E-state index is 13.1. The van der Waals surface area contributed by atoms with E-state index >= 15 is 0 Å². The highest BCUT2D eigenvalue weighted by Gasteiger charge is 2.28. The Morgan fingerprint density at radius 3 is 2.55 bits per heavy atom. The van der Waals surface area contributed by atoms with Gasteiger partial charge < -0.3 is 14.2 Å². The smallest absolute Gasteiger partial charge is 0.276 e. The summed E-state index contributed by atoms with van der Waals surface area (Å²) >= 11 is 0. The second kappa shape index (κ2) is 9.35. The fourth-order valence-corrected chi connectivity index (χ4v) is 3.88. The van der Waals surface area contributed by atoms with Gasteiger partial charge in [0.15, 0.2) is 5.69 Å². The molecule has 1 aliphatic heterocycles. The predicted octanol–water partition coefficient (Wildman–Crippen LogP) is 4.14. The van der Waals surface area contributed by atoms with Gasteiger partial charge in [0.25, 0.3) is 5.91 Å². The molecule has 4 rings (SSSR count). The van der Waals surface area contributed by atoms with Crippen LogP contribution >= 0.6 is 0 Å². The molecule has 1 aromatic heterocycles. The van der Waals surface area contributed by atoms with Crippen molar-refractivity contribution in [3.05, 3.63) is 82.2 Å². The van der Waals surface area contributed by atoms with Crippen LogP contribution in [0.25, 0.3) is 0 Å². The van der Waals surface area contributed by atoms with Crippen molar-refractivity contribution in [2.45, 2.75) is 33.9 Å². The first kappa shape index (κ1) is 21.1. The Morgan fingerprint density at radius 2 is 1.81 bits per heavy atom. The molecule has 0 saturated carbocycles. The Hall–Kier alpha value is -3.12. The number of carbonyl (C=O) groups is 1. The van der Waals surface area contributed by atoms with Gasteiger partial charge in [0, 0.05) is 32.7 Å². The van der Waals surface area contributed by atoms with Crippen LogP contribution in [0.3, 0.4) is 0 Å². The number of amides is 1. The van der Waals surface area contributed by atoms with Crippen LogP contribution in [0.15, 0.2) is 53.1 Å². The van der Waals surface area contributed by atoms with E-state index in [4.69, 9.17) is 9.26 Å². The number of hydrogen-bond acceptors (Lipinski definition) is 5. The standard InChI is InChI=1S/C25H29N3O3/c1-18-7-6-10-22(15-18)30-17-23-20(3)31-26-24(23)25(29)28-13-11-27(12-14-28)16-21-9-5-4-8-19(21)2/h4-10,15H,11-14,16-17H2,1-3H3. The van der Waals surface area contributed by atoms with Crippen LogP contribution in [0, 0.1) is 20.8 Å². The Kier molecular flexibility index (Phi) is 6.37. The molecule has 2 aromatic carbocycles. The quantitative estimate of drug-likeness (QED) is 0.601. The number of benzene rings is 2. The third-order valence-corrected chi connectivity index (χ3v) is 5.87. The highest BCUT2D eigenvalue weighted by Crippen LogP contribution is 2.21. The van der Waals surface area contributed by atoms with Crippen molar-refractivity contribution in [2.75, 3.05) is 26.2 Å². The summed E-state index contributed by atoms with van der Waals surface area (Å²) in [5.74, 6) is 1.30. The number of aromatic nitrogens is 1. The number of rotatable bonds is 6. The summed E-state index contributed by atoms with van der Waals surface area (Å²) in [6.45, 7) is 10.2. The fourth-order valence-electron chi connectivity index (χ4n) is 3.88. The molecule has 0 N–H and O–H groups in total. The average molecular weight is 420 g/mol. The topological polar surface area (TPSA) is 58.8 Å². The molecule has 6 heteroatoms. The van der Waals surface area contributed by atoms with Crippen LogP contribution in [-0.2, 0) is 13.2 Å². The van der Waals surface area contributed by atoms with Crippen LogP contribution in [0.1, 0.15) is 38.5 Å². The van der Waals surface area contributed by atoms with Gasteiger partial charge in [0.2, 0.25) is 0 Å². The minimum atomic E-state index is -0.0877. The molecule has 1 fully saturated rings. The summed E-state index contributed by atoms with van der Waals surface area (Å²) in [5.41, 5.74) is 4.84. The van der Waals surface area contributed by atoms with Gasteiger partial charge in [0.05, 0.1) is 5.56 Å². The zero-order chi connectivity index (χ0) is 21.8. The van der Waals surface area contributed by atoms with Gasteiger partial charge >= 0.3 is 0 Å². The SMILES string of the molecule is Cc1cccc(OCc2c(C(=O)N3CCN(Cc4ccccc4C)CC3)noc2C)c1. The third kappa shape index (κ3) is 4.97. The summed E-state index contributed by atoms with van der Waals surface area (Å²) in [4.78, 5) is 17.4. The van der Waals surface area contributed by atoms with Crippen molar-refractivity contribution in [1.82, 2.24) is 15.0 Å². The number of nitrogens with zero attached hydrogens (tertiary/aromatic N) is 3. The van der Waals surface area contributed by atoms with E-state index in [-0.39, 0.29) is 12.5 Å². The minimum absolute atomic E-state index is 0.0877. The van der Waals surface area contributed by atoms with Crippen molar-refractivity contribution in [3.63, 3.8) is 0 Å². The van der Waals surface area contributed by atoms with Gasteiger partial charge in [-0.1, -0.05) is 41.6 Å². The first-order valence-electron chi connectivity index (χ1n) is 10.7. The molecule has 1 aliphatic rings. The van der Waals surface area contributed by atoms with E-state index in [0.29, 0.717) is 30.1 Å². The Morgan fingerprint density at radius 1 is 1.03 bits per heavy atom. The molecule has 1 saturated heterocycles. The highest BCUT2D eigenvalue weighted by atomic mass is 16.5. The fraction of sp³-hybridized carbons (Fsp3) is 0.360. The monoisotopic (exact) mass is 419 g/mol. The largest absolute Gasteiger partial charge is 0.489 e. The Balaban J connectivity index is 1.37. The molecule has 3 aromatic rings. The lowest BCUT2D eigenvalue weighted by atomic mass is 10.1. The second-order valence-electron chi connectivity index (χ2n) is 8.17. The molecule has 1 amide bonds. The summed E-state index contributed by atoms with van der Waals surface area (Å²) in [6, 6.07) is 16.3. The Labute approximate surface area is 183 Å². The van der Waals surface area contributed by atoms with E-state index in [1.165, 1.54) is 11.1 Å². The van der Waals surface area contributed by atoms with Gasteiger partial charge in [-0.15, -0.1) is 0 Å². The van der Waals surface area contributed by atoms with E-state index in [1.54, 1.807) is 0 Å². The van der Waals surface area contributed by atoms with Crippen LogP contribution in [0.5, 0.6) is 5.75 Å². The molecule has 6 nitrogen and oxygen atoms in total. The minimum Gasteiger partial charge on any atom is -0.489 e. The van der Waals surface area contributed by atoms with Crippen molar-refractivity contribution in [2.24, 2.45) is 0 Å². The van der Waals surface area contributed by atoms with E-state index in [2.05, 4.69) is 41.2 Å². The van der Waals surface area contributed by atoms with Crippen molar-refractivity contribution in [3.8, 4) is 5.75 Å². The van der Waals surface area contributed by atoms with Crippen molar-refractivity contribution < 1.29 is 14.1 Å². The molecule has 0 bridgehead atoms. The van der Waals surface area contributed by atoms with E-state index in [1.807, 2.05) is 43.0 Å². The first-order valence-corrected chi connectivity index (χ1v) is 10.7. The molecule has 0 aliphatic carbocycles. The van der Waals surface area contributed by atoms with Gasteiger partial charge in [-0.3, -0.25) is 9.69 Å². The maximum Gasteiger partial charge on any atom is 0.276 e. The zero-order valence-electron chi connectivity index (χ0n) is 18.4. The summed E-state index contributed by atoms with van der Waals surface area (Å²) in [5, 5.41) is 4.06. The molecular formula is C25H29N3O3. The lowest BCUT2D eigenvalue weighted by Gasteiger charge is -2.34.